The number of hydrogen-bond acceptors (Lipinski definition) is 7. The number of hydroxylamine groups is 2. The van der Waals surface area contributed by atoms with Gasteiger partial charge in [-0.25, -0.2) is 5.06 Å². The topological polar surface area (TPSA) is 97.9 Å². The Morgan fingerprint density at radius 2 is 2.12 bits per heavy atom. The van der Waals surface area contributed by atoms with Crippen LogP contribution in [0.15, 0.2) is 22.6 Å². The Bertz CT molecular complexity index is 733. The molecule has 1 aromatic heterocycles. The molecule has 2 aromatic rings. The minimum Gasteiger partial charge on any atom is -0.454 e. The molecule has 0 unspecified atom stereocenters. The van der Waals surface area contributed by atoms with E-state index in [1.807, 2.05) is 18.2 Å². The molecule has 1 N–H and O–H groups in total. The van der Waals surface area contributed by atoms with Gasteiger partial charge in [0.15, 0.2) is 11.5 Å². The number of amides is 1. The van der Waals surface area contributed by atoms with Gasteiger partial charge in [0.25, 0.3) is 0 Å². The molecule has 0 spiro atoms. The molecule has 0 saturated heterocycles. The number of unbranched alkanes of at least 4 members (excludes halogenated alkanes) is 2. The molecule has 1 aromatic carbocycles. The molecular weight excluding hydrogens is 338 g/mol. The molecule has 0 radical (unpaired) electrons. The number of carbonyl (C=O) groups is 1. The lowest BCUT2D eigenvalue weighted by Crippen LogP contribution is -2.24. The van der Waals surface area contributed by atoms with Crippen LogP contribution in [0, 0.1) is 0 Å². The van der Waals surface area contributed by atoms with E-state index in [1.165, 1.54) is 0 Å². The molecule has 1 amide bonds. The average molecular weight is 361 g/mol. The van der Waals surface area contributed by atoms with Gasteiger partial charge in [-0.2, -0.15) is 0 Å². The predicted molar refractivity (Wildman–Crippen MR) is 91.1 cm³/mol. The zero-order chi connectivity index (χ0) is 18.4. The second-order valence-corrected chi connectivity index (χ2v) is 6.32. The summed E-state index contributed by atoms with van der Waals surface area (Å²) in [6.07, 6.45) is 4.75. The minimum atomic E-state index is -0.185. The van der Waals surface area contributed by atoms with Gasteiger partial charge >= 0.3 is 0 Å². The first-order valence-electron chi connectivity index (χ1n) is 8.81. The third-order valence-corrected chi connectivity index (χ3v) is 4.31. The van der Waals surface area contributed by atoms with E-state index in [9.17, 15) is 10.0 Å². The maximum Gasteiger partial charge on any atom is 0.233 e. The largest absolute Gasteiger partial charge is 0.454 e. The highest BCUT2D eigenvalue weighted by Crippen LogP contribution is 2.33. The third-order valence-electron chi connectivity index (χ3n) is 4.31. The van der Waals surface area contributed by atoms with Crippen LogP contribution in [-0.2, 0) is 11.2 Å². The van der Waals surface area contributed by atoms with Gasteiger partial charge in [0, 0.05) is 0 Å². The Morgan fingerprint density at radius 3 is 2.92 bits per heavy atom. The maximum absolute atomic E-state index is 10.7. The highest BCUT2D eigenvalue weighted by Gasteiger charge is 2.21. The summed E-state index contributed by atoms with van der Waals surface area (Å²) in [5, 5.41) is 18.4. The summed E-state index contributed by atoms with van der Waals surface area (Å²) >= 11 is 0. The zero-order valence-corrected chi connectivity index (χ0v) is 14.8. The highest BCUT2D eigenvalue weighted by atomic mass is 16.7. The van der Waals surface area contributed by atoms with E-state index >= 15 is 0 Å². The van der Waals surface area contributed by atoms with Gasteiger partial charge in [-0.3, -0.25) is 10.0 Å². The smallest absolute Gasteiger partial charge is 0.233 e. The van der Waals surface area contributed by atoms with Gasteiger partial charge in [0.05, 0.1) is 18.9 Å². The van der Waals surface area contributed by atoms with E-state index in [0.29, 0.717) is 35.4 Å². The predicted octanol–water partition coefficient (Wildman–Crippen LogP) is 2.90. The molecular formula is C18H23N3O5. The summed E-state index contributed by atoms with van der Waals surface area (Å²) in [5.74, 6) is 2.18. The highest BCUT2D eigenvalue weighted by molar-refractivity contribution is 5.45. The van der Waals surface area contributed by atoms with Crippen LogP contribution in [-0.4, -0.2) is 40.2 Å². The van der Waals surface area contributed by atoms with Crippen LogP contribution < -0.4 is 9.47 Å². The Labute approximate surface area is 151 Å². The number of hydrogen-bond donors (Lipinski definition) is 1. The Hall–Kier alpha value is -2.61. The first kappa shape index (κ1) is 18.2. The summed E-state index contributed by atoms with van der Waals surface area (Å²) in [4.78, 5) is 10.7. The van der Waals surface area contributed by atoms with Crippen LogP contribution in [0.3, 0.4) is 0 Å². The van der Waals surface area contributed by atoms with Crippen LogP contribution >= 0.6 is 0 Å². The Balaban J connectivity index is 1.68. The summed E-state index contributed by atoms with van der Waals surface area (Å²) in [6.45, 7) is 2.49. The number of carbonyl (C=O) groups excluding carboxylic acids is 1. The molecule has 0 fully saturated rings. The Morgan fingerprint density at radius 1 is 1.27 bits per heavy atom. The van der Waals surface area contributed by atoms with Crippen LogP contribution in [0.25, 0.3) is 0 Å². The number of benzene rings is 1. The van der Waals surface area contributed by atoms with Crippen molar-refractivity contribution in [2.24, 2.45) is 0 Å². The van der Waals surface area contributed by atoms with Crippen LogP contribution in [0.5, 0.6) is 11.5 Å². The molecule has 8 nitrogen and oxygen atoms in total. The molecule has 0 aliphatic carbocycles. The fraction of sp³-hybridized carbons (Fsp3) is 0.500. The number of rotatable bonds is 10. The standard InChI is InChI=1S/C18H23N3O5/c1-2-3-4-5-14(10-21(23)11-22)18-20-19-17(26-18)9-13-6-7-15-16(8-13)25-12-24-15/h6-8,11,14,23H,2-5,9-10,12H2,1H3/t14-/m1/s1. The van der Waals surface area contributed by atoms with Crippen molar-refractivity contribution < 1.29 is 23.9 Å². The van der Waals surface area contributed by atoms with E-state index in [1.54, 1.807) is 0 Å². The average Bonchev–Trinajstić information content (AvgIpc) is 3.30. The van der Waals surface area contributed by atoms with E-state index < -0.39 is 0 Å². The van der Waals surface area contributed by atoms with E-state index in [2.05, 4.69) is 17.1 Å². The van der Waals surface area contributed by atoms with Crippen molar-refractivity contribution in [3.05, 3.63) is 35.5 Å². The first-order chi connectivity index (χ1) is 12.7. The number of ether oxygens (including phenoxy) is 2. The number of aromatic nitrogens is 2. The van der Waals surface area contributed by atoms with Gasteiger partial charge in [-0.1, -0.05) is 32.3 Å². The molecule has 1 atom stereocenters. The van der Waals surface area contributed by atoms with Crippen molar-refractivity contribution in [3.8, 4) is 11.5 Å². The van der Waals surface area contributed by atoms with Gasteiger partial charge in [-0.05, 0) is 24.1 Å². The SMILES string of the molecule is CCCCC[C@H](CN(O)C=O)c1nnc(Cc2ccc3c(c2)OCO3)o1. The molecule has 1 aliphatic rings. The molecule has 140 valence electrons. The lowest BCUT2D eigenvalue weighted by Gasteiger charge is -2.16. The summed E-state index contributed by atoms with van der Waals surface area (Å²) in [7, 11) is 0. The van der Waals surface area contributed by atoms with Gasteiger partial charge in [0.1, 0.15) is 0 Å². The van der Waals surface area contributed by atoms with Crippen molar-refractivity contribution in [3.63, 3.8) is 0 Å². The zero-order valence-electron chi connectivity index (χ0n) is 14.8. The van der Waals surface area contributed by atoms with Gasteiger partial charge in [-0.15, -0.1) is 10.2 Å². The van der Waals surface area contributed by atoms with Crippen LogP contribution in [0.4, 0.5) is 0 Å². The van der Waals surface area contributed by atoms with Crippen molar-refractivity contribution in [1.29, 1.82) is 0 Å². The fourth-order valence-corrected chi connectivity index (χ4v) is 2.93. The van der Waals surface area contributed by atoms with Crippen LogP contribution in [0.2, 0.25) is 0 Å². The molecule has 1 aliphatic heterocycles. The minimum absolute atomic E-state index is 0.138. The van der Waals surface area contributed by atoms with E-state index in [4.69, 9.17) is 13.9 Å². The second-order valence-electron chi connectivity index (χ2n) is 6.32. The molecule has 0 saturated carbocycles. The van der Waals surface area contributed by atoms with Gasteiger partial charge in [0.2, 0.25) is 25.0 Å². The number of nitrogens with zero attached hydrogens (tertiary/aromatic N) is 3. The summed E-state index contributed by atoms with van der Waals surface area (Å²) in [6, 6.07) is 5.68. The normalized spacial score (nSPS) is 13.6. The van der Waals surface area contributed by atoms with E-state index in [-0.39, 0.29) is 19.3 Å². The molecule has 2 heterocycles. The van der Waals surface area contributed by atoms with Crippen molar-refractivity contribution >= 4 is 6.41 Å². The van der Waals surface area contributed by atoms with Crippen LogP contribution in [0.1, 0.15) is 55.9 Å². The summed E-state index contributed by atoms with van der Waals surface area (Å²) in [5.41, 5.74) is 0.976. The number of fused-ring (bicyclic) bond motifs is 1. The second kappa shape index (κ2) is 8.66. The van der Waals surface area contributed by atoms with Gasteiger partial charge < -0.3 is 13.9 Å². The maximum atomic E-state index is 10.7. The van der Waals surface area contributed by atoms with E-state index in [0.717, 1.165) is 37.0 Å². The monoisotopic (exact) mass is 361 g/mol. The molecule has 8 heteroatoms. The molecule has 26 heavy (non-hydrogen) atoms. The Kier molecular flexibility index (Phi) is 6.06. The molecule has 3 rings (SSSR count). The first-order valence-corrected chi connectivity index (χ1v) is 8.81. The third kappa shape index (κ3) is 4.51. The lowest BCUT2D eigenvalue weighted by atomic mass is 10.0. The summed E-state index contributed by atoms with van der Waals surface area (Å²) < 4.78 is 16.5. The van der Waals surface area contributed by atoms with Crippen molar-refractivity contribution in [2.75, 3.05) is 13.3 Å². The quantitative estimate of drug-likeness (QED) is 0.301. The van der Waals surface area contributed by atoms with Crippen molar-refractivity contribution in [2.45, 2.75) is 44.9 Å². The molecule has 0 bridgehead atoms. The lowest BCUT2D eigenvalue weighted by molar-refractivity contribution is -0.151. The fourth-order valence-electron chi connectivity index (χ4n) is 2.93. The van der Waals surface area contributed by atoms with Crippen molar-refractivity contribution in [1.82, 2.24) is 15.3 Å².